The van der Waals surface area contributed by atoms with Crippen molar-refractivity contribution >= 4 is 11.8 Å². The summed E-state index contributed by atoms with van der Waals surface area (Å²) >= 11 is 0. The van der Waals surface area contributed by atoms with Crippen molar-refractivity contribution in [1.82, 2.24) is 14.8 Å². The zero-order valence-corrected chi connectivity index (χ0v) is 16.4. The van der Waals surface area contributed by atoms with Gasteiger partial charge in [-0.15, -0.1) is 0 Å². The molecule has 4 unspecified atom stereocenters. The second-order valence-electron chi connectivity index (χ2n) is 8.74. The van der Waals surface area contributed by atoms with E-state index in [0.717, 1.165) is 32.6 Å². The van der Waals surface area contributed by atoms with Crippen molar-refractivity contribution in [3.05, 3.63) is 29.6 Å². The van der Waals surface area contributed by atoms with Crippen LogP contribution in [0.15, 0.2) is 18.3 Å². The molecule has 2 aliphatic heterocycles. The van der Waals surface area contributed by atoms with Gasteiger partial charge in [0, 0.05) is 32.4 Å². The van der Waals surface area contributed by atoms with E-state index in [0.29, 0.717) is 34.9 Å². The predicted molar refractivity (Wildman–Crippen MR) is 102 cm³/mol. The van der Waals surface area contributed by atoms with Gasteiger partial charge in [-0.3, -0.25) is 14.6 Å². The SMILES string of the molecule is CC1CC(C)CN(C(=O)c2ccc(C(=O)N3CC(C)CC(C)C3)nc2)C1. The maximum Gasteiger partial charge on any atom is 0.272 e. The van der Waals surface area contributed by atoms with Crippen LogP contribution in [0.25, 0.3) is 0 Å². The first kappa shape index (κ1) is 18.9. The van der Waals surface area contributed by atoms with Crippen LogP contribution in [0.3, 0.4) is 0 Å². The third-order valence-corrected chi connectivity index (χ3v) is 5.54. The number of aromatic nitrogens is 1. The van der Waals surface area contributed by atoms with Crippen molar-refractivity contribution in [3.63, 3.8) is 0 Å². The molecule has 1 aromatic rings. The van der Waals surface area contributed by atoms with Gasteiger partial charge in [0.1, 0.15) is 5.69 Å². The number of hydrogen-bond donors (Lipinski definition) is 0. The summed E-state index contributed by atoms with van der Waals surface area (Å²) in [6.07, 6.45) is 3.90. The maximum absolute atomic E-state index is 12.8. The largest absolute Gasteiger partial charge is 0.338 e. The molecular formula is C21H31N3O2. The molecule has 5 nitrogen and oxygen atoms in total. The highest BCUT2D eigenvalue weighted by Gasteiger charge is 2.28. The zero-order valence-electron chi connectivity index (χ0n) is 16.4. The fraction of sp³-hybridized carbons (Fsp3) is 0.667. The lowest BCUT2D eigenvalue weighted by molar-refractivity contribution is 0.0608. The number of pyridine rings is 1. The Labute approximate surface area is 156 Å². The molecule has 2 aliphatic rings. The quantitative estimate of drug-likeness (QED) is 0.816. The molecule has 26 heavy (non-hydrogen) atoms. The van der Waals surface area contributed by atoms with E-state index in [1.165, 1.54) is 6.42 Å². The average molecular weight is 357 g/mol. The van der Waals surface area contributed by atoms with Crippen LogP contribution in [0.5, 0.6) is 0 Å². The van der Waals surface area contributed by atoms with Gasteiger partial charge in [0.2, 0.25) is 0 Å². The average Bonchev–Trinajstić information content (AvgIpc) is 2.59. The van der Waals surface area contributed by atoms with Crippen molar-refractivity contribution in [2.75, 3.05) is 26.2 Å². The third kappa shape index (κ3) is 4.25. The smallest absolute Gasteiger partial charge is 0.272 e. The van der Waals surface area contributed by atoms with E-state index in [1.807, 2.05) is 9.80 Å². The normalized spacial score (nSPS) is 29.5. The fourth-order valence-electron chi connectivity index (χ4n) is 4.65. The minimum Gasteiger partial charge on any atom is -0.338 e. The number of amides is 2. The van der Waals surface area contributed by atoms with Crippen molar-refractivity contribution in [2.45, 2.75) is 40.5 Å². The highest BCUT2D eigenvalue weighted by Crippen LogP contribution is 2.24. The Balaban J connectivity index is 1.68. The minimum atomic E-state index is -0.0254. The summed E-state index contributed by atoms with van der Waals surface area (Å²) in [7, 11) is 0. The second-order valence-corrected chi connectivity index (χ2v) is 8.74. The fourth-order valence-corrected chi connectivity index (χ4v) is 4.65. The number of carbonyl (C=O) groups excluding carboxylic acids is 2. The van der Waals surface area contributed by atoms with Gasteiger partial charge in [-0.1, -0.05) is 27.7 Å². The molecule has 2 amide bonds. The molecule has 3 rings (SSSR count). The van der Waals surface area contributed by atoms with Crippen molar-refractivity contribution in [3.8, 4) is 0 Å². The van der Waals surface area contributed by atoms with Crippen LogP contribution in [0, 0.1) is 23.7 Å². The molecule has 0 bridgehead atoms. The molecule has 0 aromatic carbocycles. The second kappa shape index (κ2) is 7.77. The van der Waals surface area contributed by atoms with E-state index in [1.54, 1.807) is 18.3 Å². The summed E-state index contributed by atoms with van der Waals surface area (Å²) in [5.74, 6) is 2.09. The number of hydrogen-bond acceptors (Lipinski definition) is 3. The van der Waals surface area contributed by atoms with E-state index in [9.17, 15) is 9.59 Å². The lowest BCUT2D eigenvalue weighted by Gasteiger charge is -2.35. The van der Waals surface area contributed by atoms with Crippen molar-refractivity contribution in [2.24, 2.45) is 23.7 Å². The van der Waals surface area contributed by atoms with Crippen molar-refractivity contribution in [1.29, 1.82) is 0 Å². The number of rotatable bonds is 2. The Hall–Kier alpha value is -1.91. The van der Waals surface area contributed by atoms with Crippen molar-refractivity contribution < 1.29 is 9.59 Å². The van der Waals surface area contributed by atoms with Gasteiger partial charge in [0.15, 0.2) is 0 Å². The predicted octanol–water partition coefficient (Wildman–Crippen LogP) is 3.32. The first-order valence-electron chi connectivity index (χ1n) is 9.88. The van der Waals surface area contributed by atoms with Crippen LogP contribution >= 0.6 is 0 Å². The highest BCUT2D eigenvalue weighted by molar-refractivity contribution is 5.96. The van der Waals surface area contributed by atoms with Crippen LogP contribution in [-0.4, -0.2) is 52.8 Å². The lowest BCUT2D eigenvalue weighted by atomic mass is 9.91. The Morgan fingerprint density at radius 2 is 1.27 bits per heavy atom. The van der Waals surface area contributed by atoms with Gasteiger partial charge < -0.3 is 9.80 Å². The van der Waals surface area contributed by atoms with Gasteiger partial charge in [0.25, 0.3) is 11.8 Å². The molecule has 0 radical (unpaired) electrons. The van der Waals surface area contributed by atoms with Gasteiger partial charge in [-0.25, -0.2) is 0 Å². The van der Waals surface area contributed by atoms with Gasteiger partial charge in [-0.05, 0) is 48.6 Å². The van der Waals surface area contributed by atoms with Gasteiger partial charge in [0.05, 0.1) is 5.56 Å². The first-order chi connectivity index (χ1) is 12.3. The molecule has 0 N–H and O–H groups in total. The van der Waals surface area contributed by atoms with Crippen LogP contribution < -0.4 is 0 Å². The van der Waals surface area contributed by atoms with Crippen LogP contribution in [0.4, 0.5) is 0 Å². The molecule has 0 spiro atoms. The molecule has 0 saturated carbocycles. The molecule has 0 aliphatic carbocycles. The summed E-state index contributed by atoms with van der Waals surface area (Å²) in [4.78, 5) is 33.6. The molecule has 1 aromatic heterocycles. The number of likely N-dealkylation sites (tertiary alicyclic amines) is 2. The standard InChI is InChI=1S/C21H31N3O2/c1-14-7-15(2)11-23(10-14)20(25)18-5-6-19(22-9-18)21(26)24-12-16(3)8-17(4)13-24/h5-6,9,14-17H,7-8,10-13H2,1-4H3. The van der Waals surface area contributed by atoms with E-state index in [2.05, 4.69) is 32.7 Å². The summed E-state index contributed by atoms with van der Waals surface area (Å²) in [6.45, 7) is 11.9. The Morgan fingerprint density at radius 3 is 1.69 bits per heavy atom. The molecule has 2 saturated heterocycles. The minimum absolute atomic E-state index is 0.0233. The molecule has 3 heterocycles. The molecular weight excluding hydrogens is 326 g/mol. The van der Waals surface area contributed by atoms with E-state index >= 15 is 0 Å². The summed E-state index contributed by atoms with van der Waals surface area (Å²) in [5, 5.41) is 0. The van der Waals surface area contributed by atoms with Crippen LogP contribution in [-0.2, 0) is 0 Å². The molecule has 2 fully saturated rings. The Bertz CT molecular complexity index is 581. The van der Waals surface area contributed by atoms with Gasteiger partial charge >= 0.3 is 0 Å². The third-order valence-electron chi connectivity index (χ3n) is 5.54. The zero-order chi connectivity index (χ0) is 18.8. The molecule has 142 valence electrons. The number of piperidine rings is 2. The molecule has 4 atom stereocenters. The van der Waals surface area contributed by atoms with E-state index in [-0.39, 0.29) is 11.8 Å². The van der Waals surface area contributed by atoms with Crippen LogP contribution in [0.2, 0.25) is 0 Å². The maximum atomic E-state index is 12.8. The monoisotopic (exact) mass is 357 g/mol. The first-order valence-corrected chi connectivity index (χ1v) is 9.88. The topological polar surface area (TPSA) is 53.5 Å². The highest BCUT2D eigenvalue weighted by atomic mass is 16.2. The number of nitrogens with zero attached hydrogens (tertiary/aromatic N) is 3. The summed E-state index contributed by atoms with van der Waals surface area (Å²) in [5.41, 5.74) is 1.01. The van der Waals surface area contributed by atoms with E-state index < -0.39 is 0 Å². The Kier molecular flexibility index (Phi) is 5.64. The lowest BCUT2D eigenvalue weighted by Crippen LogP contribution is -2.43. The van der Waals surface area contributed by atoms with E-state index in [4.69, 9.17) is 0 Å². The molecule has 5 heteroatoms. The number of carbonyl (C=O) groups is 2. The van der Waals surface area contributed by atoms with Gasteiger partial charge in [-0.2, -0.15) is 0 Å². The summed E-state index contributed by atoms with van der Waals surface area (Å²) < 4.78 is 0. The Morgan fingerprint density at radius 1 is 0.808 bits per heavy atom. The summed E-state index contributed by atoms with van der Waals surface area (Å²) in [6, 6.07) is 3.46. The van der Waals surface area contributed by atoms with Crippen LogP contribution in [0.1, 0.15) is 61.4 Å².